The molecule has 0 bridgehead atoms. The molecule has 0 aliphatic carbocycles. The third kappa shape index (κ3) is 4.29. The molecule has 1 atom stereocenters. The molecule has 0 aromatic heterocycles. The summed E-state index contributed by atoms with van der Waals surface area (Å²) in [4.78, 5) is 15.9. The van der Waals surface area contributed by atoms with Gasteiger partial charge in [0.15, 0.2) is 0 Å². The number of carboxylic acids is 1. The van der Waals surface area contributed by atoms with Gasteiger partial charge in [-0.1, -0.05) is 38.1 Å². The monoisotopic (exact) mass is 290 g/mol. The molecule has 0 radical (unpaired) electrons. The Bertz CT molecular complexity index is 472. The van der Waals surface area contributed by atoms with E-state index in [1.54, 1.807) is 0 Å². The van der Waals surface area contributed by atoms with E-state index in [1.807, 2.05) is 18.2 Å². The molecule has 1 fully saturated rings. The van der Waals surface area contributed by atoms with Crippen molar-refractivity contribution >= 4 is 5.97 Å². The predicted molar refractivity (Wildman–Crippen MR) is 84.4 cm³/mol. The summed E-state index contributed by atoms with van der Waals surface area (Å²) in [5.74, 6) is -0.759. The second-order valence-electron chi connectivity index (χ2n) is 5.74. The Morgan fingerprint density at radius 3 is 2.57 bits per heavy atom. The highest BCUT2D eigenvalue weighted by Gasteiger charge is 2.26. The van der Waals surface area contributed by atoms with Crippen LogP contribution in [0.3, 0.4) is 0 Å². The molecule has 0 spiro atoms. The molecule has 1 saturated heterocycles. The smallest absolute Gasteiger partial charge is 0.307 e. The second kappa shape index (κ2) is 7.57. The van der Waals surface area contributed by atoms with Crippen LogP contribution in [0.5, 0.6) is 0 Å². The lowest BCUT2D eigenvalue weighted by molar-refractivity contribution is -0.136. The molecule has 1 N–H and O–H groups in total. The Hall–Kier alpha value is -1.39. The van der Waals surface area contributed by atoms with Crippen LogP contribution in [0, 0.1) is 0 Å². The van der Waals surface area contributed by atoms with Crippen molar-refractivity contribution in [2.45, 2.75) is 39.3 Å². The van der Waals surface area contributed by atoms with E-state index in [-0.39, 0.29) is 6.42 Å². The van der Waals surface area contributed by atoms with Gasteiger partial charge in [0.2, 0.25) is 0 Å². The van der Waals surface area contributed by atoms with Gasteiger partial charge in [-0.15, -0.1) is 0 Å². The number of carboxylic acid groups (broad SMARTS) is 1. The van der Waals surface area contributed by atoms with E-state index in [4.69, 9.17) is 5.11 Å². The first kappa shape index (κ1) is 16.0. The molecule has 1 aromatic carbocycles. The molecule has 1 heterocycles. The topological polar surface area (TPSA) is 43.8 Å². The number of likely N-dealkylation sites (tertiary alicyclic amines) is 1. The van der Waals surface area contributed by atoms with Crippen LogP contribution in [0.4, 0.5) is 0 Å². The minimum Gasteiger partial charge on any atom is -0.481 e. The minimum absolute atomic E-state index is 0.115. The quantitative estimate of drug-likeness (QED) is 0.836. The first-order chi connectivity index (χ1) is 10.1. The van der Waals surface area contributed by atoms with Crippen molar-refractivity contribution in [3.8, 4) is 0 Å². The normalized spacial score (nSPS) is 19.3. The fourth-order valence-corrected chi connectivity index (χ4v) is 3.28. The summed E-state index contributed by atoms with van der Waals surface area (Å²) in [6.45, 7) is 9.69. The lowest BCUT2D eigenvalue weighted by atomic mass is 10.0. The molecule has 116 valence electrons. The van der Waals surface area contributed by atoms with Crippen LogP contribution in [0.25, 0.3) is 0 Å². The molecular weight excluding hydrogens is 264 g/mol. The van der Waals surface area contributed by atoms with Crippen LogP contribution in [0.2, 0.25) is 0 Å². The van der Waals surface area contributed by atoms with Crippen LogP contribution in [-0.2, 0) is 17.8 Å². The van der Waals surface area contributed by atoms with Gasteiger partial charge in [-0.25, -0.2) is 0 Å². The average molecular weight is 290 g/mol. The molecule has 21 heavy (non-hydrogen) atoms. The van der Waals surface area contributed by atoms with Crippen LogP contribution in [0.1, 0.15) is 31.4 Å². The highest BCUT2D eigenvalue weighted by molar-refractivity contribution is 5.70. The molecule has 1 aromatic rings. The van der Waals surface area contributed by atoms with E-state index < -0.39 is 5.97 Å². The number of hydrogen-bond acceptors (Lipinski definition) is 3. The Balaban J connectivity index is 1.98. The standard InChI is InChI=1S/C17H26N2O2/c1-3-19(4-2)16-9-10-18(13-16)12-15-8-6-5-7-14(15)11-17(20)21/h5-8,16H,3-4,9-13H2,1-2H3,(H,20,21). The lowest BCUT2D eigenvalue weighted by Gasteiger charge is -2.26. The van der Waals surface area contributed by atoms with Crippen molar-refractivity contribution in [1.82, 2.24) is 9.80 Å². The summed E-state index contributed by atoms with van der Waals surface area (Å²) >= 11 is 0. The third-order valence-electron chi connectivity index (χ3n) is 4.43. The Morgan fingerprint density at radius 2 is 1.95 bits per heavy atom. The molecule has 4 heteroatoms. The maximum atomic E-state index is 11.0. The van der Waals surface area contributed by atoms with Crippen molar-refractivity contribution in [3.63, 3.8) is 0 Å². The molecule has 1 aliphatic heterocycles. The zero-order valence-corrected chi connectivity index (χ0v) is 13.1. The number of benzene rings is 1. The number of carbonyl (C=O) groups is 1. The first-order valence-electron chi connectivity index (χ1n) is 7.89. The summed E-state index contributed by atoms with van der Waals surface area (Å²) < 4.78 is 0. The van der Waals surface area contributed by atoms with Gasteiger partial charge < -0.3 is 5.11 Å². The zero-order chi connectivity index (χ0) is 15.2. The van der Waals surface area contributed by atoms with Gasteiger partial charge in [0.25, 0.3) is 0 Å². The average Bonchev–Trinajstić information content (AvgIpc) is 2.90. The highest BCUT2D eigenvalue weighted by Crippen LogP contribution is 2.20. The summed E-state index contributed by atoms with van der Waals surface area (Å²) in [6, 6.07) is 8.56. The van der Waals surface area contributed by atoms with Crippen LogP contribution in [0.15, 0.2) is 24.3 Å². The molecule has 1 unspecified atom stereocenters. The number of hydrogen-bond donors (Lipinski definition) is 1. The fraction of sp³-hybridized carbons (Fsp3) is 0.588. The molecule has 0 amide bonds. The summed E-state index contributed by atoms with van der Waals surface area (Å²) in [5, 5.41) is 9.01. The Morgan fingerprint density at radius 1 is 1.29 bits per heavy atom. The molecule has 1 aliphatic rings. The van der Waals surface area contributed by atoms with E-state index in [2.05, 4.69) is 29.7 Å². The molecule has 2 rings (SSSR count). The van der Waals surface area contributed by atoms with Gasteiger partial charge >= 0.3 is 5.97 Å². The Kier molecular flexibility index (Phi) is 5.76. The number of nitrogens with zero attached hydrogens (tertiary/aromatic N) is 2. The van der Waals surface area contributed by atoms with E-state index in [0.717, 1.165) is 43.9 Å². The predicted octanol–water partition coefficient (Wildman–Crippen LogP) is 2.23. The number of rotatable bonds is 7. The SMILES string of the molecule is CCN(CC)C1CCN(Cc2ccccc2CC(=O)O)C1. The molecule has 0 saturated carbocycles. The fourth-order valence-electron chi connectivity index (χ4n) is 3.28. The van der Waals surface area contributed by atoms with Gasteiger partial charge in [0, 0.05) is 25.7 Å². The Labute approximate surface area is 127 Å². The van der Waals surface area contributed by atoms with Gasteiger partial charge in [-0.3, -0.25) is 14.6 Å². The largest absolute Gasteiger partial charge is 0.481 e. The lowest BCUT2D eigenvalue weighted by Crippen LogP contribution is -2.37. The molecular formula is C17H26N2O2. The second-order valence-corrected chi connectivity index (χ2v) is 5.74. The van der Waals surface area contributed by atoms with E-state index in [9.17, 15) is 4.79 Å². The van der Waals surface area contributed by atoms with Crippen molar-refractivity contribution in [3.05, 3.63) is 35.4 Å². The van der Waals surface area contributed by atoms with E-state index in [1.165, 1.54) is 6.42 Å². The maximum Gasteiger partial charge on any atom is 0.307 e. The van der Waals surface area contributed by atoms with Gasteiger partial charge in [0.05, 0.1) is 6.42 Å². The summed E-state index contributed by atoms with van der Waals surface area (Å²) in [5.41, 5.74) is 2.09. The van der Waals surface area contributed by atoms with E-state index >= 15 is 0 Å². The number of aliphatic carboxylic acids is 1. The summed E-state index contributed by atoms with van der Waals surface area (Å²) in [7, 11) is 0. The van der Waals surface area contributed by atoms with Crippen LogP contribution in [-0.4, -0.2) is 53.1 Å². The third-order valence-corrected chi connectivity index (χ3v) is 4.43. The highest BCUT2D eigenvalue weighted by atomic mass is 16.4. The van der Waals surface area contributed by atoms with Crippen molar-refractivity contribution in [2.75, 3.05) is 26.2 Å². The maximum absolute atomic E-state index is 11.0. The van der Waals surface area contributed by atoms with Crippen molar-refractivity contribution in [2.24, 2.45) is 0 Å². The number of likely N-dealkylation sites (N-methyl/N-ethyl adjacent to an activating group) is 1. The van der Waals surface area contributed by atoms with Crippen molar-refractivity contribution < 1.29 is 9.90 Å². The first-order valence-corrected chi connectivity index (χ1v) is 7.89. The van der Waals surface area contributed by atoms with Crippen LogP contribution >= 0.6 is 0 Å². The molecule has 4 nitrogen and oxygen atoms in total. The van der Waals surface area contributed by atoms with Crippen LogP contribution < -0.4 is 0 Å². The van der Waals surface area contributed by atoms with Gasteiger partial charge in [0.1, 0.15) is 0 Å². The van der Waals surface area contributed by atoms with E-state index in [0.29, 0.717) is 6.04 Å². The summed E-state index contributed by atoms with van der Waals surface area (Å²) in [6.07, 6.45) is 1.33. The van der Waals surface area contributed by atoms with Gasteiger partial charge in [-0.2, -0.15) is 0 Å². The van der Waals surface area contributed by atoms with Gasteiger partial charge in [-0.05, 0) is 30.6 Å². The minimum atomic E-state index is -0.759. The van der Waals surface area contributed by atoms with Crippen molar-refractivity contribution in [1.29, 1.82) is 0 Å². The zero-order valence-electron chi connectivity index (χ0n) is 13.1.